The number of non-ortho nitro benzene ring substituents is 1. The van der Waals surface area contributed by atoms with Gasteiger partial charge in [0.25, 0.3) is 5.69 Å². The number of aryl methyl sites for hydroxylation is 1. The van der Waals surface area contributed by atoms with Crippen molar-refractivity contribution in [3.05, 3.63) is 68.9 Å². The lowest BCUT2D eigenvalue weighted by atomic mass is 10.1. The number of benzene rings is 2. The summed E-state index contributed by atoms with van der Waals surface area (Å²) >= 11 is 3.48. The highest BCUT2D eigenvalue weighted by Crippen LogP contribution is 2.33. The molecule has 1 N–H and O–H groups in total. The van der Waals surface area contributed by atoms with Crippen LogP contribution >= 0.6 is 15.9 Å². The molecule has 0 spiro atoms. The molecule has 0 unspecified atom stereocenters. The molecule has 3 aromatic rings. The molecule has 2 heterocycles. The van der Waals surface area contributed by atoms with Gasteiger partial charge in [0.15, 0.2) is 0 Å². The second-order valence-corrected chi connectivity index (χ2v) is 8.41. The van der Waals surface area contributed by atoms with E-state index in [4.69, 9.17) is 0 Å². The Hall–Kier alpha value is -3.04. The molecule has 0 radical (unpaired) electrons. The number of nitrogens with one attached hydrogen (secondary N) is 1. The maximum absolute atomic E-state index is 12.5. The molecule has 31 heavy (non-hydrogen) atoms. The van der Waals surface area contributed by atoms with Crippen LogP contribution in [-0.2, 0) is 4.79 Å². The molecule has 1 aliphatic heterocycles. The first-order chi connectivity index (χ1) is 14.9. The number of aromatic nitrogens is 1. The smallest absolute Gasteiger partial charge is 0.278 e. The van der Waals surface area contributed by atoms with Crippen LogP contribution in [0.4, 0.5) is 17.1 Å². The first-order valence-corrected chi connectivity index (χ1v) is 10.8. The van der Waals surface area contributed by atoms with E-state index >= 15 is 0 Å². The third kappa shape index (κ3) is 4.67. The molecule has 2 aromatic carbocycles. The minimum Gasteiger partial charge on any atom is -0.368 e. The van der Waals surface area contributed by atoms with Crippen LogP contribution in [0.1, 0.15) is 5.56 Å². The van der Waals surface area contributed by atoms with Gasteiger partial charge in [0, 0.05) is 65.9 Å². The number of rotatable bonds is 5. The maximum Gasteiger partial charge on any atom is 0.278 e. The van der Waals surface area contributed by atoms with Crippen molar-refractivity contribution < 1.29 is 9.72 Å². The quantitative estimate of drug-likeness (QED) is 0.435. The van der Waals surface area contributed by atoms with Crippen LogP contribution in [0.15, 0.2) is 53.3 Å². The van der Waals surface area contributed by atoms with E-state index in [1.54, 1.807) is 24.5 Å². The van der Waals surface area contributed by atoms with Gasteiger partial charge >= 0.3 is 0 Å². The second-order valence-electron chi connectivity index (χ2n) is 7.56. The average molecular weight is 484 g/mol. The summed E-state index contributed by atoms with van der Waals surface area (Å²) in [4.78, 5) is 31.8. The third-order valence-electron chi connectivity index (χ3n) is 5.50. The number of nitro benzene ring substituents is 1. The van der Waals surface area contributed by atoms with Gasteiger partial charge in [-0.15, -0.1) is 0 Å². The first-order valence-electron chi connectivity index (χ1n) is 9.97. The number of piperazine rings is 1. The number of carbonyl (C=O) groups excluding carboxylic acids is 1. The average Bonchev–Trinajstić information content (AvgIpc) is 2.76. The maximum atomic E-state index is 12.5. The second kappa shape index (κ2) is 8.99. The molecule has 9 heteroatoms. The van der Waals surface area contributed by atoms with Crippen LogP contribution < -0.4 is 10.2 Å². The van der Waals surface area contributed by atoms with Gasteiger partial charge in [-0.25, -0.2) is 0 Å². The number of anilines is 2. The van der Waals surface area contributed by atoms with E-state index < -0.39 is 0 Å². The van der Waals surface area contributed by atoms with Gasteiger partial charge < -0.3 is 10.2 Å². The summed E-state index contributed by atoms with van der Waals surface area (Å²) in [7, 11) is 0. The number of amides is 1. The molecule has 160 valence electrons. The van der Waals surface area contributed by atoms with E-state index in [2.05, 4.69) is 36.0 Å². The van der Waals surface area contributed by atoms with Crippen molar-refractivity contribution in [3.8, 4) is 0 Å². The Morgan fingerprint density at radius 3 is 2.65 bits per heavy atom. The summed E-state index contributed by atoms with van der Waals surface area (Å²) < 4.78 is 0.962. The lowest BCUT2D eigenvalue weighted by molar-refractivity contribution is -0.383. The highest BCUT2D eigenvalue weighted by molar-refractivity contribution is 9.10. The highest BCUT2D eigenvalue weighted by atomic mass is 79.9. The minimum absolute atomic E-state index is 0.0453. The van der Waals surface area contributed by atoms with Crippen molar-refractivity contribution in [2.45, 2.75) is 6.92 Å². The van der Waals surface area contributed by atoms with Crippen LogP contribution in [0.2, 0.25) is 0 Å². The van der Waals surface area contributed by atoms with E-state index in [-0.39, 0.29) is 16.5 Å². The van der Waals surface area contributed by atoms with Crippen molar-refractivity contribution in [2.75, 3.05) is 42.9 Å². The molecule has 0 bridgehead atoms. The molecular weight excluding hydrogens is 462 g/mol. The van der Waals surface area contributed by atoms with E-state index in [1.165, 1.54) is 0 Å². The number of nitro groups is 1. The number of hydrogen-bond acceptors (Lipinski definition) is 6. The number of hydrogen-bond donors (Lipinski definition) is 1. The van der Waals surface area contributed by atoms with Crippen molar-refractivity contribution in [2.24, 2.45) is 0 Å². The Bertz CT molecular complexity index is 1150. The fourth-order valence-electron chi connectivity index (χ4n) is 3.82. The predicted molar refractivity (Wildman–Crippen MR) is 125 cm³/mol. The minimum atomic E-state index is -0.378. The number of carbonyl (C=O) groups is 1. The molecule has 0 aliphatic carbocycles. The Labute approximate surface area is 188 Å². The lowest BCUT2D eigenvalue weighted by Crippen LogP contribution is -2.48. The molecule has 0 atom stereocenters. The van der Waals surface area contributed by atoms with Crippen LogP contribution in [0.3, 0.4) is 0 Å². The fourth-order valence-corrected chi connectivity index (χ4v) is 4.19. The van der Waals surface area contributed by atoms with E-state index in [9.17, 15) is 14.9 Å². The Balaban J connectivity index is 1.40. The summed E-state index contributed by atoms with van der Waals surface area (Å²) in [5.41, 5.74) is 2.90. The Morgan fingerprint density at radius 1 is 1.16 bits per heavy atom. The summed E-state index contributed by atoms with van der Waals surface area (Å²) in [6.45, 7) is 5.25. The standard InChI is InChI=1S/C22H22BrN5O3/c1-15-2-3-16(12-19(15)23)25-22(29)14-26-8-10-27(11-9-26)20-4-5-21(28(30)31)18-13-24-7-6-17(18)20/h2-7,12-13H,8-11,14H2,1H3,(H,25,29). The Kier molecular flexibility index (Phi) is 6.15. The molecule has 1 aliphatic rings. The van der Waals surface area contributed by atoms with Crippen molar-refractivity contribution in [1.82, 2.24) is 9.88 Å². The Morgan fingerprint density at radius 2 is 1.94 bits per heavy atom. The van der Waals surface area contributed by atoms with Crippen LogP contribution in [0, 0.1) is 17.0 Å². The van der Waals surface area contributed by atoms with Crippen molar-refractivity contribution >= 4 is 49.7 Å². The lowest BCUT2D eigenvalue weighted by Gasteiger charge is -2.36. The summed E-state index contributed by atoms with van der Waals surface area (Å²) in [6.07, 6.45) is 3.19. The molecule has 1 aromatic heterocycles. The van der Waals surface area contributed by atoms with E-state index in [0.717, 1.165) is 53.0 Å². The summed E-state index contributed by atoms with van der Waals surface area (Å²) in [5.74, 6) is -0.0453. The van der Waals surface area contributed by atoms with Gasteiger partial charge in [-0.3, -0.25) is 24.8 Å². The molecule has 8 nitrogen and oxygen atoms in total. The molecule has 1 saturated heterocycles. The molecule has 0 saturated carbocycles. The zero-order chi connectivity index (χ0) is 22.0. The van der Waals surface area contributed by atoms with Gasteiger partial charge in [-0.1, -0.05) is 22.0 Å². The van der Waals surface area contributed by atoms with Crippen LogP contribution in [0.5, 0.6) is 0 Å². The number of nitrogens with zero attached hydrogens (tertiary/aromatic N) is 4. The van der Waals surface area contributed by atoms with Gasteiger partial charge in [-0.05, 0) is 36.8 Å². The van der Waals surface area contributed by atoms with Crippen LogP contribution in [0.25, 0.3) is 10.8 Å². The monoisotopic (exact) mass is 483 g/mol. The fraction of sp³-hybridized carbons (Fsp3) is 0.273. The predicted octanol–water partition coefficient (Wildman–Crippen LogP) is 3.97. The van der Waals surface area contributed by atoms with E-state index in [0.29, 0.717) is 11.9 Å². The van der Waals surface area contributed by atoms with Crippen LogP contribution in [-0.4, -0.2) is 53.4 Å². The first kappa shape index (κ1) is 21.2. The van der Waals surface area contributed by atoms with Gasteiger partial charge in [0.1, 0.15) is 0 Å². The van der Waals surface area contributed by atoms with Crippen molar-refractivity contribution in [3.63, 3.8) is 0 Å². The molecule has 1 amide bonds. The van der Waals surface area contributed by atoms with E-state index in [1.807, 2.05) is 31.2 Å². The highest BCUT2D eigenvalue weighted by Gasteiger charge is 2.22. The third-order valence-corrected chi connectivity index (χ3v) is 6.36. The number of halogens is 1. The zero-order valence-corrected chi connectivity index (χ0v) is 18.6. The molecule has 1 fully saturated rings. The number of pyridine rings is 1. The van der Waals surface area contributed by atoms with Crippen molar-refractivity contribution in [1.29, 1.82) is 0 Å². The largest absolute Gasteiger partial charge is 0.368 e. The van der Waals surface area contributed by atoms with Gasteiger partial charge in [-0.2, -0.15) is 0 Å². The zero-order valence-electron chi connectivity index (χ0n) is 17.0. The van der Waals surface area contributed by atoms with Gasteiger partial charge in [0.05, 0.1) is 16.9 Å². The molecular formula is C22H22BrN5O3. The normalized spacial score (nSPS) is 14.6. The number of fused-ring (bicyclic) bond motifs is 1. The SMILES string of the molecule is Cc1ccc(NC(=O)CN2CCN(c3ccc([N+](=O)[O-])c4cnccc34)CC2)cc1Br. The topological polar surface area (TPSA) is 91.6 Å². The molecule has 4 rings (SSSR count). The summed E-state index contributed by atoms with van der Waals surface area (Å²) in [5, 5.41) is 15.6. The summed E-state index contributed by atoms with van der Waals surface area (Å²) in [6, 6.07) is 10.9. The van der Waals surface area contributed by atoms with Gasteiger partial charge in [0.2, 0.25) is 5.91 Å².